The summed E-state index contributed by atoms with van der Waals surface area (Å²) in [5, 5.41) is 15.8. The molecule has 0 aliphatic rings. The molecule has 3 N–H and O–H groups in total. The van der Waals surface area contributed by atoms with E-state index in [1.165, 1.54) is 30.6 Å². The predicted octanol–water partition coefficient (Wildman–Crippen LogP) is 3.28. The minimum atomic E-state index is -4.75. The molecule has 3 aromatic rings. The Balaban J connectivity index is 1.56. The highest BCUT2D eigenvalue weighted by Gasteiger charge is 2.31. The van der Waals surface area contributed by atoms with E-state index in [0.29, 0.717) is 48.7 Å². The van der Waals surface area contributed by atoms with E-state index in [9.17, 15) is 18.0 Å². The molecule has 1 amide bonds. The predicted molar refractivity (Wildman–Crippen MR) is 125 cm³/mol. The van der Waals surface area contributed by atoms with Gasteiger partial charge in [0.25, 0.3) is 0 Å². The number of carbonyl (C=O) groups is 1. The lowest BCUT2D eigenvalue weighted by atomic mass is 10.3. The molecule has 0 atom stereocenters. The third-order valence-corrected chi connectivity index (χ3v) is 5.19. The molecule has 0 aliphatic heterocycles. The monoisotopic (exact) mass is 494 g/mol. The quantitative estimate of drug-likeness (QED) is 0.335. The molecule has 1 aromatic carbocycles. The van der Waals surface area contributed by atoms with Crippen molar-refractivity contribution in [1.82, 2.24) is 24.8 Å². The number of aliphatic hydroxyl groups excluding tert-OH is 1. The van der Waals surface area contributed by atoms with Crippen LogP contribution in [0.3, 0.4) is 0 Å². The SMILES string of the molecule is CCCN(CCO)CCNC(=O)CCn1ccc2c(Nc3ccc(OC(F)(F)F)cc3)ncnc21. The maximum Gasteiger partial charge on any atom is 0.573 e. The molecule has 190 valence electrons. The number of ether oxygens (including phenoxy) is 1. The van der Waals surface area contributed by atoms with E-state index < -0.39 is 6.36 Å². The van der Waals surface area contributed by atoms with Crippen LogP contribution in [-0.2, 0) is 11.3 Å². The van der Waals surface area contributed by atoms with E-state index >= 15 is 0 Å². The van der Waals surface area contributed by atoms with Crippen LogP contribution in [0.5, 0.6) is 5.75 Å². The molecule has 0 saturated heterocycles. The van der Waals surface area contributed by atoms with E-state index in [2.05, 4.69) is 37.2 Å². The number of aliphatic hydroxyl groups is 1. The Labute approximate surface area is 200 Å². The number of benzene rings is 1. The Morgan fingerprint density at radius 1 is 1.14 bits per heavy atom. The minimum absolute atomic E-state index is 0.0825. The first-order chi connectivity index (χ1) is 16.8. The molecule has 2 heterocycles. The van der Waals surface area contributed by atoms with Crippen LogP contribution in [0.4, 0.5) is 24.7 Å². The number of hydrogen-bond acceptors (Lipinski definition) is 7. The molecule has 35 heavy (non-hydrogen) atoms. The van der Waals surface area contributed by atoms with Crippen molar-refractivity contribution in [3.8, 4) is 5.75 Å². The fourth-order valence-electron chi connectivity index (χ4n) is 3.62. The summed E-state index contributed by atoms with van der Waals surface area (Å²) < 4.78 is 42.7. The van der Waals surface area contributed by atoms with Gasteiger partial charge < -0.3 is 25.0 Å². The summed E-state index contributed by atoms with van der Waals surface area (Å²) in [6, 6.07) is 7.15. The normalized spacial score (nSPS) is 11.7. The first kappa shape index (κ1) is 26.2. The summed E-state index contributed by atoms with van der Waals surface area (Å²) in [6.07, 6.45) is -0.312. The Morgan fingerprint density at radius 2 is 1.91 bits per heavy atom. The summed E-state index contributed by atoms with van der Waals surface area (Å²) in [5.41, 5.74) is 1.16. The van der Waals surface area contributed by atoms with Gasteiger partial charge in [-0.15, -0.1) is 13.2 Å². The minimum Gasteiger partial charge on any atom is -0.406 e. The Bertz CT molecular complexity index is 1080. The van der Waals surface area contributed by atoms with Gasteiger partial charge >= 0.3 is 6.36 Å². The number of rotatable bonds is 13. The molecule has 0 saturated carbocycles. The van der Waals surface area contributed by atoms with Crippen molar-refractivity contribution >= 4 is 28.4 Å². The van der Waals surface area contributed by atoms with E-state index in [1.807, 2.05) is 16.8 Å². The fraction of sp³-hybridized carbons (Fsp3) is 0.435. The second-order valence-corrected chi connectivity index (χ2v) is 7.83. The highest BCUT2D eigenvalue weighted by atomic mass is 19.4. The molecule has 2 aromatic heterocycles. The van der Waals surface area contributed by atoms with Crippen LogP contribution in [0.25, 0.3) is 11.0 Å². The molecule has 0 unspecified atom stereocenters. The van der Waals surface area contributed by atoms with Crippen molar-refractivity contribution in [2.24, 2.45) is 0 Å². The Morgan fingerprint density at radius 3 is 2.60 bits per heavy atom. The average molecular weight is 495 g/mol. The first-order valence-electron chi connectivity index (χ1n) is 11.3. The summed E-state index contributed by atoms with van der Waals surface area (Å²) >= 11 is 0. The van der Waals surface area contributed by atoms with Crippen molar-refractivity contribution in [1.29, 1.82) is 0 Å². The zero-order valence-electron chi connectivity index (χ0n) is 19.4. The Kier molecular flexibility index (Phi) is 9.26. The summed E-state index contributed by atoms with van der Waals surface area (Å²) in [5.74, 6) is 0.0928. The molecule has 9 nitrogen and oxygen atoms in total. The number of aryl methyl sites for hydroxylation is 1. The van der Waals surface area contributed by atoms with E-state index in [-0.39, 0.29) is 24.7 Å². The van der Waals surface area contributed by atoms with E-state index in [0.717, 1.165) is 13.0 Å². The smallest absolute Gasteiger partial charge is 0.406 e. The largest absolute Gasteiger partial charge is 0.573 e. The standard InChI is InChI=1S/C23H29F3N6O3/c1-2-10-31(14-15-33)13-9-27-20(34)8-12-32-11-7-19-21(28-16-29-22(19)32)30-17-3-5-18(6-4-17)35-23(24,25)26/h3-7,11,16,33H,2,8-10,12-15H2,1H3,(H,27,34)(H,28,29,30). The molecule has 0 radical (unpaired) electrons. The number of nitrogens with zero attached hydrogens (tertiary/aromatic N) is 4. The van der Waals surface area contributed by atoms with E-state index in [4.69, 9.17) is 5.11 Å². The second-order valence-electron chi connectivity index (χ2n) is 7.83. The third-order valence-electron chi connectivity index (χ3n) is 5.19. The number of anilines is 2. The number of halogens is 3. The van der Waals surface area contributed by atoms with Crippen molar-refractivity contribution in [2.75, 3.05) is 38.1 Å². The zero-order valence-corrected chi connectivity index (χ0v) is 19.4. The van der Waals surface area contributed by atoms with Gasteiger partial charge in [-0.2, -0.15) is 0 Å². The topological polar surface area (TPSA) is 105 Å². The van der Waals surface area contributed by atoms with Gasteiger partial charge in [0.05, 0.1) is 12.0 Å². The molecule has 0 aliphatic carbocycles. The summed E-state index contributed by atoms with van der Waals surface area (Å²) in [4.78, 5) is 22.9. The lowest BCUT2D eigenvalue weighted by Crippen LogP contribution is -2.37. The van der Waals surface area contributed by atoms with Gasteiger partial charge in [-0.05, 0) is 43.3 Å². The van der Waals surface area contributed by atoms with Gasteiger partial charge in [0, 0.05) is 44.5 Å². The molecule has 0 spiro atoms. The summed E-state index contributed by atoms with van der Waals surface area (Å²) in [7, 11) is 0. The maximum absolute atomic E-state index is 12.3. The van der Waals surface area contributed by atoms with Crippen molar-refractivity contribution in [3.05, 3.63) is 42.9 Å². The van der Waals surface area contributed by atoms with Gasteiger partial charge in [-0.3, -0.25) is 9.69 Å². The number of fused-ring (bicyclic) bond motifs is 1. The number of carbonyl (C=O) groups excluding carboxylic acids is 1. The number of aromatic nitrogens is 3. The highest BCUT2D eigenvalue weighted by Crippen LogP contribution is 2.27. The maximum atomic E-state index is 12.3. The molecular formula is C23H29F3N6O3. The van der Waals surface area contributed by atoms with Gasteiger partial charge in [-0.1, -0.05) is 6.92 Å². The zero-order chi connectivity index (χ0) is 25.3. The average Bonchev–Trinajstić information content (AvgIpc) is 3.22. The fourth-order valence-corrected chi connectivity index (χ4v) is 3.62. The molecule has 0 fully saturated rings. The van der Waals surface area contributed by atoms with E-state index in [1.54, 1.807) is 0 Å². The van der Waals surface area contributed by atoms with Gasteiger partial charge in [0.2, 0.25) is 5.91 Å². The lowest BCUT2D eigenvalue weighted by molar-refractivity contribution is -0.274. The lowest BCUT2D eigenvalue weighted by Gasteiger charge is -2.20. The summed E-state index contributed by atoms with van der Waals surface area (Å²) in [6.45, 7) is 5.22. The van der Waals surface area contributed by atoms with Crippen LogP contribution in [0.15, 0.2) is 42.9 Å². The number of alkyl halides is 3. The molecule has 0 bridgehead atoms. The first-order valence-corrected chi connectivity index (χ1v) is 11.3. The second kappa shape index (κ2) is 12.4. The highest BCUT2D eigenvalue weighted by molar-refractivity contribution is 5.89. The number of hydrogen-bond donors (Lipinski definition) is 3. The van der Waals surface area contributed by atoms with Crippen molar-refractivity contribution in [3.63, 3.8) is 0 Å². The Hall–Kier alpha value is -3.38. The number of amides is 1. The van der Waals surface area contributed by atoms with Crippen LogP contribution in [0.1, 0.15) is 19.8 Å². The van der Waals surface area contributed by atoms with Gasteiger partial charge in [0.1, 0.15) is 23.5 Å². The van der Waals surface area contributed by atoms with Crippen LogP contribution in [0, 0.1) is 0 Å². The molecule has 3 rings (SSSR count). The van der Waals surface area contributed by atoms with Crippen molar-refractivity contribution < 1.29 is 27.8 Å². The van der Waals surface area contributed by atoms with Crippen molar-refractivity contribution in [2.45, 2.75) is 32.7 Å². The molecule has 12 heteroatoms. The number of nitrogens with one attached hydrogen (secondary N) is 2. The van der Waals surface area contributed by atoms with Gasteiger partial charge in [-0.25, -0.2) is 9.97 Å². The van der Waals surface area contributed by atoms with Crippen LogP contribution in [0.2, 0.25) is 0 Å². The van der Waals surface area contributed by atoms with Gasteiger partial charge in [0.15, 0.2) is 0 Å². The van der Waals surface area contributed by atoms with Crippen LogP contribution >= 0.6 is 0 Å². The van der Waals surface area contributed by atoms with Crippen LogP contribution < -0.4 is 15.4 Å². The third kappa shape index (κ3) is 8.11. The molecular weight excluding hydrogens is 465 g/mol. The van der Waals surface area contributed by atoms with Crippen LogP contribution in [-0.4, -0.2) is 69.6 Å².